The van der Waals surface area contributed by atoms with E-state index < -0.39 is 0 Å². The Morgan fingerprint density at radius 3 is 2.27 bits per heavy atom. The fraction of sp³-hybridized carbons (Fsp3) is 1.00. The van der Waals surface area contributed by atoms with Gasteiger partial charge in [0.1, 0.15) is 0 Å². The van der Waals surface area contributed by atoms with Gasteiger partial charge in [-0.2, -0.15) is 0 Å². The molecule has 0 radical (unpaired) electrons. The van der Waals surface area contributed by atoms with Gasteiger partial charge in [-0.1, -0.05) is 19.3 Å². The van der Waals surface area contributed by atoms with Crippen LogP contribution in [0.3, 0.4) is 0 Å². The monoisotopic (exact) mass is 179 g/mol. The zero-order valence-electron chi connectivity index (χ0n) is 7.10. The first-order valence-corrected chi connectivity index (χ1v) is 4.14. The minimum absolute atomic E-state index is 0. The predicted octanol–water partition coefficient (Wildman–Crippen LogP) is 1.32. The van der Waals surface area contributed by atoms with E-state index in [1.807, 2.05) is 7.05 Å². The van der Waals surface area contributed by atoms with Crippen molar-refractivity contribution < 1.29 is 5.11 Å². The standard InChI is InChI=1S/C8H17NO.ClH/c1-9-7-8(10)5-3-2-4-6-8;/h9-10H,2-7H2,1H3;1H. The molecule has 0 unspecified atom stereocenters. The molecule has 0 bridgehead atoms. The van der Waals surface area contributed by atoms with E-state index in [-0.39, 0.29) is 18.0 Å². The Balaban J connectivity index is 0.000001000. The molecule has 0 amide bonds. The molecule has 68 valence electrons. The molecule has 0 spiro atoms. The molecular formula is C8H18ClNO. The summed E-state index contributed by atoms with van der Waals surface area (Å²) in [5.74, 6) is 0. The number of rotatable bonds is 2. The van der Waals surface area contributed by atoms with Crippen molar-refractivity contribution in [3.63, 3.8) is 0 Å². The van der Waals surface area contributed by atoms with Crippen LogP contribution in [0.25, 0.3) is 0 Å². The summed E-state index contributed by atoms with van der Waals surface area (Å²) in [7, 11) is 1.90. The molecule has 3 heteroatoms. The number of likely N-dealkylation sites (N-methyl/N-ethyl adjacent to an activating group) is 1. The molecule has 1 rings (SSSR count). The van der Waals surface area contributed by atoms with E-state index in [2.05, 4.69) is 5.32 Å². The minimum Gasteiger partial charge on any atom is -0.389 e. The van der Waals surface area contributed by atoms with Crippen LogP contribution in [0.4, 0.5) is 0 Å². The fourth-order valence-corrected chi connectivity index (χ4v) is 1.72. The number of hydrogen-bond acceptors (Lipinski definition) is 2. The number of aliphatic hydroxyl groups is 1. The summed E-state index contributed by atoms with van der Waals surface area (Å²) in [6.07, 6.45) is 5.64. The quantitative estimate of drug-likeness (QED) is 0.671. The molecular weight excluding hydrogens is 162 g/mol. The maximum Gasteiger partial charge on any atom is 0.0771 e. The summed E-state index contributed by atoms with van der Waals surface area (Å²) in [5, 5.41) is 12.8. The van der Waals surface area contributed by atoms with E-state index >= 15 is 0 Å². The Bertz CT molecular complexity index is 96.8. The van der Waals surface area contributed by atoms with E-state index in [1.165, 1.54) is 19.3 Å². The average molecular weight is 180 g/mol. The molecule has 1 fully saturated rings. The van der Waals surface area contributed by atoms with Gasteiger partial charge in [0.2, 0.25) is 0 Å². The van der Waals surface area contributed by atoms with Crippen molar-refractivity contribution in [3.05, 3.63) is 0 Å². The average Bonchev–Trinajstić information content (AvgIpc) is 1.89. The van der Waals surface area contributed by atoms with Crippen LogP contribution in [-0.2, 0) is 0 Å². The van der Waals surface area contributed by atoms with E-state index in [0.717, 1.165) is 19.4 Å². The molecule has 0 aromatic rings. The van der Waals surface area contributed by atoms with Crippen molar-refractivity contribution in [2.45, 2.75) is 37.7 Å². The van der Waals surface area contributed by atoms with E-state index in [4.69, 9.17) is 0 Å². The molecule has 0 saturated heterocycles. The lowest BCUT2D eigenvalue weighted by Gasteiger charge is -2.31. The van der Waals surface area contributed by atoms with Crippen molar-refractivity contribution in [1.29, 1.82) is 0 Å². The van der Waals surface area contributed by atoms with Crippen molar-refractivity contribution in [2.75, 3.05) is 13.6 Å². The molecule has 0 heterocycles. The molecule has 0 atom stereocenters. The Kier molecular flexibility index (Phi) is 5.06. The molecule has 2 nitrogen and oxygen atoms in total. The minimum atomic E-state index is -0.382. The Labute approximate surface area is 74.8 Å². The molecule has 0 aliphatic heterocycles. The van der Waals surface area contributed by atoms with Gasteiger partial charge in [0.05, 0.1) is 5.60 Å². The second-order valence-corrected chi connectivity index (χ2v) is 3.32. The van der Waals surface area contributed by atoms with Crippen molar-refractivity contribution >= 4 is 12.4 Å². The normalized spacial score (nSPS) is 22.4. The first-order chi connectivity index (χ1) is 4.77. The maximum absolute atomic E-state index is 9.81. The highest BCUT2D eigenvalue weighted by atomic mass is 35.5. The van der Waals surface area contributed by atoms with Gasteiger partial charge >= 0.3 is 0 Å². The van der Waals surface area contributed by atoms with Crippen molar-refractivity contribution in [3.8, 4) is 0 Å². The number of nitrogens with one attached hydrogen (secondary N) is 1. The maximum atomic E-state index is 9.81. The van der Waals surface area contributed by atoms with Crippen molar-refractivity contribution in [1.82, 2.24) is 5.32 Å². The molecule has 1 aliphatic carbocycles. The molecule has 1 aliphatic rings. The molecule has 11 heavy (non-hydrogen) atoms. The largest absolute Gasteiger partial charge is 0.389 e. The summed E-state index contributed by atoms with van der Waals surface area (Å²) in [6, 6.07) is 0. The van der Waals surface area contributed by atoms with Gasteiger partial charge in [0, 0.05) is 6.54 Å². The fourth-order valence-electron chi connectivity index (χ4n) is 1.72. The second-order valence-electron chi connectivity index (χ2n) is 3.32. The van der Waals surface area contributed by atoms with Crippen LogP contribution in [0.5, 0.6) is 0 Å². The van der Waals surface area contributed by atoms with E-state index in [1.54, 1.807) is 0 Å². The highest BCUT2D eigenvalue weighted by molar-refractivity contribution is 5.85. The van der Waals surface area contributed by atoms with Crippen LogP contribution in [0, 0.1) is 0 Å². The van der Waals surface area contributed by atoms with Crippen LogP contribution < -0.4 is 5.32 Å². The SMILES string of the molecule is CNCC1(O)CCCCC1.Cl. The first kappa shape index (κ1) is 11.2. The van der Waals surface area contributed by atoms with Gasteiger partial charge in [0.15, 0.2) is 0 Å². The van der Waals surface area contributed by atoms with Gasteiger partial charge < -0.3 is 10.4 Å². The van der Waals surface area contributed by atoms with Gasteiger partial charge in [-0.25, -0.2) is 0 Å². The summed E-state index contributed by atoms with van der Waals surface area (Å²) in [6.45, 7) is 0.757. The van der Waals surface area contributed by atoms with Gasteiger partial charge in [-0.05, 0) is 19.9 Å². The number of hydrogen-bond donors (Lipinski definition) is 2. The molecule has 0 aromatic carbocycles. The zero-order chi connectivity index (χ0) is 7.45. The van der Waals surface area contributed by atoms with Crippen LogP contribution in [0.2, 0.25) is 0 Å². The highest BCUT2D eigenvalue weighted by Crippen LogP contribution is 2.26. The number of halogens is 1. The smallest absolute Gasteiger partial charge is 0.0771 e. The van der Waals surface area contributed by atoms with Gasteiger partial charge in [-0.15, -0.1) is 12.4 Å². The third kappa shape index (κ3) is 3.41. The Hall–Kier alpha value is 0.210. The van der Waals surface area contributed by atoms with Gasteiger partial charge in [0.25, 0.3) is 0 Å². The third-order valence-corrected chi connectivity index (χ3v) is 2.29. The summed E-state index contributed by atoms with van der Waals surface area (Å²) < 4.78 is 0. The highest BCUT2D eigenvalue weighted by Gasteiger charge is 2.27. The van der Waals surface area contributed by atoms with Crippen LogP contribution in [-0.4, -0.2) is 24.3 Å². The van der Waals surface area contributed by atoms with Crippen molar-refractivity contribution in [2.24, 2.45) is 0 Å². The van der Waals surface area contributed by atoms with Crippen LogP contribution >= 0.6 is 12.4 Å². The van der Waals surface area contributed by atoms with Gasteiger partial charge in [-0.3, -0.25) is 0 Å². The second kappa shape index (κ2) is 4.96. The molecule has 0 aromatic heterocycles. The zero-order valence-corrected chi connectivity index (χ0v) is 7.91. The summed E-state index contributed by atoms with van der Waals surface area (Å²) >= 11 is 0. The molecule has 2 N–H and O–H groups in total. The van der Waals surface area contributed by atoms with Crippen LogP contribution in [0.1, 0.15) is 32.1 Å². The van der Waals surface area contributed by atoms with E-state index in [0.29, 0.717) is 0 Å². The van der Waals surface area contributed by atoms with Crippen LogP contribution in [0.15, 0.2) is 0 Å². The summed E-state index contributed by atoms with van der Waals surface area (Å²) in [5.41, 5.74) is -0.382. The topological polar surface area (TPSA) is 32.3 Å². The lowest BCUT2D eigenvalue weighted by Crippen LogP contribution is -2.40. The first-order valence-electron chi connectivity index (χ1n) is 4.14. The third-order valence-electron chi connectivity index (χ3n) is 2.29. The van der Waals surface area contributed by atoms with E-state index in [9.17, 15) is 5.11 Å². The predicted molar refractivity (Wildman–Crippen MR) is 49.2 cm³/mol. The Morgan fingerprint density at radius 2 is 1.82 bits per heavy atom. The lowest BCUT2D eigenvalue weighted by molar-refractivity contribution is 0.00658. The lowest BCUT2D eigenvalue weighted by atomic mass is 9.85. The summed E-state index contributed by atoms with van der Waals surface area (Å²) in [4.78, 5) is 0. The Morgan fingerprint density at radius 1 is 1.27 bits per heavy atom. The molecule has 1 saturated carbocycles.